The fourth-order valence-corrected chi connectivity index (χ4v) is 6.31. The number of aromatic nitrogens is 4. The Hall–Kier alpha value is -3.50. The van der Waals surface area contributed by atoms with Gasteiger partial charge >= 0.3 is 5.97 Å². The highest BCUT2D eigenvalue weighted by Crippen LogP contribution is 2.36. The summed E-state index contributed by atoms with van der Waals surface area (Å²) in [5.74, 6) is 0.155. The SMILES string of the molecule is C#CCn1nnnc1SCC1=C(C(=O)O)N2C(=O)C(NC(=O)Cc3ccccc3)[C@@H]2S(=O)C1. The number of carboxylic acids is 1. The van der Waals surface area contributed by atoms with Gasteiger partial charge in [0.1, 0.15) is 23.7 Å². The molecule has 1 aromatic heterocycles. The third-order valence-corrected chi connectivity index (χ3v) is 7.74. The van der Waals surface area contributed by atoms with Gasteiger partial charge < -0.3 is 10.4 Å². The van der Waals surface area contributed by atoms with E-state index in [1.54, 1.807) is 24.3 Å². The molecule has 0 aliphatic carbocycles. The summed E-state index contributed by atoms with van der Waals surface area (Å²) in [6, 6.07) is 7.94. The highest BCUT2D eigenvalue weighted by molar-refractivity contribution is 7.99. The van der Waals surface area contributed by atoms with Gasteiger partial charge in [-0.3, -0.25) is 18.7 Å². The Morgan fingerprint density at radius 2 is 2.09 bits per heavy atom. The van der Waals surface area contributed by atoms with E-state index >= 15 is 0 Å². The van der Waals surface area contributed by atoms with Crippen molar-refractivity contribution in [2.45, 2.75) is 29.5 Å². The summed E-state index contributed by atoms with van der Waals surface area (Å²) in [6.07, 6.45) is 5.33. The van der Waals surface area contributed by atoms with Gasteiger partial charge in [-0.2, -0.15) is 0 Å². The molecular formula is C20H18N6O5S2. The van der Waals surface area contributed by atoms with Crippen molar-refractivity contribution >= 4 is 40.3 Å². The number of terminal acetylenes is 1. The third-order valence-electron chi connectivity index (χ3n) is 5.05. The Labute approximate surface area is 195 Å². The second-order valence-corrected chi connectivity index (χ2v) is 9.68. The number of hydrogen-bond acceptors (Lipinski definition) is 8. The van der Waals surface area contributed by atoms with E-state index in [1.807, 2.05) is 6.07 Å². The van der Waals surface area contributed by atoms with E-state index in [0.29, 0.717) is 10.7 Å². The first-order valence-corrected chi connectivity index (χ1v) is 12.1. The lowest BCUT2D eigenvalue weighted by molar-refractivity contribution is -0.150. The number of rotatable bonds is 8. The Balaban J connectivity index is 1.49. The molecule has 0 bridgehead atoms. The number of nitrogens with one attached hydrogen (secondary N) is 1. The fourth-order valence-electron chi connectivity index (χ4n) is 3.61. The van der Waals surface area contributed by atoms with Crippen LogP contribution in [-0.4, -0.2) is 75.1 Å². The quantitative estimate of drug-likeness (QED) is 0.283. The maximum absolute atomic E-state index is 12.9. The number of hydrogen-bond donors (Lipinski definition) is 2. The van der Waals surface area contributed by atoms with Crippen molar-refractivity contribution < 1.29 is 23.7 Å². The van der Waals surface area contributed by atoms with E-state index in [2.05, 4.69) is 26.8 Å². The molecule has 0 spiro atoms. The molecule has 1 fully saturated rings. The van der Waals surface area contributed by atoms with Gasteiger partial charge in [0.2, 0.25) is 11.1 Å². The lowest BCUT2D eigenvalue weighted by Crippen LogP contribution is -2.73. The average molecular weight is 487 g/mol. The molecule has 2 aliphatic rings. The van der Waals surface area contributed by atoms with Gasteiger partial charge in [-0.1, -0.05) is 48.0 Å². The molecule has 3 atom stereocenters. The van der Waals surface area contributed by atoms with Crippen LogP contribution < -0.4 is 5.32 Å². The zero-order valence-electron chi connectivity index (χ0n) is 17.1. The van der Waals surface area contributed by atoms with Crippen LogP contribution in [0.25, 0.3) is 0 Å². The molecule has 13 heteroatoms. The van der Waals surface area contributed by atoms with Crippen LogP contribution in [0.3, 0.4) is 0 Å². The highest BCUT2D eigenvalue weighted by atomic mass is 32.2. The van der Waals surface area contributed by atoms with Crippen LogP contribution in [0.2, 0.25) is 0 Å². The molecule has 2 aromatic rings. The lowest BCUT2D eigenvalue weighted by Gasteiger charge is -2.49. The molecule has 33 heavy (non-hydrogen) atoms. The molecule has 0 saturated carbocycles. The van der Waals surface area contributed by atoms with E-state index < -0.39 is 40.0 Å². The zero-order valence-corrected chi connectivity index (χ0v) is 18.7. The van der Waals surface area contributed by atoms with Crippen molar-refractivity contribution in [3.8, 4) is 12.3 Å². The Morgan fingerprint density at radius 1 is 1.33 bits per heavy atom. The number of tetrazole rings is 1. The summed E-state index contributed by atoms with van der Waals surface area (Å²) in [5, 5.41) is 23.0. The number of carbonyl (C=O) groups excluding carboxylic acids is 2. The number of β-lactam (4-membered cyclic amide) rings is 1. The number of aliphatic carboxylic acids is 1. The lowest BCUT2D eigenvalue weighted by atomic mass is 10.0. The van der Waals surface area contributed by atoms with Crippen LogP contribution in [-0.2, 0) is 38.1 Å². The second kappa shape index (κ2) is 9.55. The van der Waals surface area contributed by atoms with Crippen molar-refractivity contribution in [2.24, 2.45) is 0 Å². The topological polar surface area (TPSA) is 147 Å². The first-order valence-electron chi connectivity index (χ1n) is 9.72. The van der Waals surface area contributed by atoms with Gasteiger partial charge in [-0.25, -0.2) is 9.48 Å². The molecule has 1 aromatic carbocycles. The minimum Gasteiger partial charge on any atom is -0.477 e. The summed E-state index contributed by atoms with van der Waals surface area (Å²) in [4.78, 5) is 38.2. The first-order chi connectivity index (χ1) is 15.9. The number of fused-ring (bicyclic) bond motifs is 1. The van der Waals surface area contributed by atoms with Gasteiger partial charge in [-0.15, -0.1) is 11.5 Å². The van der Waals surface area contributed by atoms with E-state index in [4.69, 9.17) is 6.42 Å². The molecule has 2 unspecified atom stereocenters. The number of amides is 2. The molecular weight excluding hydrogens is 468 g/mol. The number of thioether (sulfide) groups is 1. The first kappa shape index (κ1) is 22.7. The summed E-state index contributed by atoms with van der Waals surface area (Å²) in [5.41, 5.74) is 0.863. The van der Waals surface area contributed by atoms with Crippen molar-refractivity contribution in [1.82, 2.24) is 30.4 Å². The molecule has 0 radical (unpaired) electrons. The van der Waals surface area contributed by atoms with Crippen LogP contribution >= 0.6 is 11.8 Å². The number of carbonyl (C=O) groups is 3. The molecule has 170 valence electrons. The number of carboxylic acid groups (broad SMARTS) is 1. The molecule has 2 N–H and O–H groups in total. The van der Waals surface area contributed by atoms with E-state index in [-0.39, 0.29) is 30.2 Å². The molecule has 11 nitrogen and oxygen atoms in total. The number of benzene rings is 1. The molecule has 1 saturated heterocycles. The summed E-state index contributed by atoms with van der Waals surface area (Å²) in [6.45, 7) is 0.142. The van der Waals surface area contributed by atoms with Crippen LogP contribution in [0.5, 0.6) is 0 Å². The van der Waals surface area contributed by atoms with Crippen molar-refractivity contribution in [3.05, 3.63) is 47.2 Å². The van der Waals surface area contributed by atoms with Crippen molar-refractivity contribution in [1.29, 1.82) is 0 Å². The summed E-state index contributed by atoms with van der Waals surface area (Å²) >= 11 is 1.13. The van der Waals surface area contributed by atoms with Crippen LogP contribution in [0, 0.1) is 12.3 Å². The predicted molar refractivity (Wildman–Crippen MR) is 118 cm³/mol. The maximum Gasteiger partial charge on any atom is 0.352 e. The van der Waals surface area contributed by atoms with Crippen LogP contribution in [0.15, 0.2) is 46.8 Å². The standard InChI is InChI=1S/C20H18N6O5S2/c1-2-8-25-20(22-23-24-25)32-10-13-11-33(31)18-15(17(28)26(18)16(13)19(29)30)21-14(27)9-12-6-4-3-5-7-12/h1,3-7,15,18H,8-11H2,(H,21,27)(H,29,30)/t15?,18-,33?/m0/s1. The van der Waals surface area contributed by atoms with E-state index in [1.165, 1.54) is 4.68 Å². The van der Waals surface area contributed by atoms with Gasteiger partial charge in [0, 0.05) is 5.75 Å². The maximum atomic E-state index is 12.9. The van der Waals surface area contributed by atoms with Gasteiger partial charge in [0.25, 0.3) is 5.91 Å². The Morgan fingerprint density at radius 3 is 2.79 bits per heavy atom. The molecule has 4 rings (SSSR count). The monoisotopic (exact) mass is 486 g/mol. The van der Waals surface area contributed by atoms with Gasteiger partial charge in [0.05, 0.1) is 23.0 Å². The van der Waals surface area contributed by atoms with Crippen LogP contribution in [0.4, 0.5) is 0 Å². The number of nitrogens with zero attached hydrogens (tertiary/aromatic N) is 5. The highest BCUT2D eigenvalue weighted by Gasteiger charge is 2.57. The Bertz CT molecular complexity index is 1210. The fraction of sp³-hybridized carbons (Fsp3) is 0.300. The predicted octanol–water partition coefficient (Wildman–Crippen LogP) is -0.605. The molecule has 3 heterocycles. The Kier molecular flexibility index (Phi) is 6.57. The van der Waals surface area contributed by atoms with Crippen molar-refractivity contribution in [2.75, 3.05) is 11.5 Å². The smallest absolute Gasteiger partial charge is 0.352 e. The summed E-state index contributed by atoms with van der Waals surface area (Å²) in [7, 11) is -1.60. The average Bonchev–Trinajstić information content (AvgIpc) is 3.23. The largest absolute Gasteiger partial charge is 0.477 e. The summed E-state index contributed by atoms with van der Waals surface area (Å²) < 4.78 is 14.3. The third kappa shape index (κ3) is 4.53. The molecule has 2 amide bonds. The minimum absolute atomic E-state index is 0.0508. The van der Waals surface area contributed by atoms with E-state index in [0.717, 1.165) is 22.2 Å². The van der Waals surface area contributed by atoms with E-state index in [9.17, 15) is 23.7 Å². The second-order valence-electron chi connectivity index (χ2n) is 7.20. The van der Waals surface area contributed by atoms with Crippen molar-refractivity contribution in [3.63, 3.8) is 0 Å². The molecule has 2 aliphatic heterocycles. The van der Waals surface area contributed by atoms with Crippen LogP contribution in [0.1, 0.15) is 5.56 Å². The van der Waals surface area contributed by atoms with Gasteiger partial charge in [0.15, 0.2) is 0 Å². The van der Waals surface area contributed by atoms with Gasteiger partial charge in [-0.05, 0) is 21.6 Å². The zero-order chi connectivity index (χ0) is 23.5. The minimum atomic E-state index is -1.60. The normalized spacial score (nSPS) is 21.7.